The number of nitrogens with zero attached hydrogens (tertiary/aromatic N) is 4. The Bertz CT molecular complexity index is 1450. The van der Waals surface area contributed by atoms with Crippen molar-refractivity contribution in [1.29, 1.82) is 0 Å². The number of thioether (sulfide) groups is 1. The second kappa shape index (κ2) is 8.51. The van der Waals surface area contributed by atoms with Gasteiger partial charge in [-0.25, -0.2) is 9.97 Å². The maximum atomic E-state index is 12.9. The van der Waals surface area contributed by atoms with Gasteiger partial charge in [-0.2, -0.15) is 0 Å². The topological polar surface area (TPSA) is 59.7 Å². The van der Waals surface area contributed by atoms with Gasteiger partial charge < -0.3 is 9.64 Å². The van der Waals surface area contributed by atoms with Gasteiger partial charge in [0.05, 0.1) is 29.4 Å². The highest BCUT2D eigenvalue weighted by atomic mass is 32.2. The Morgan fingerprint density at radius 2 is 1.69 bits per heavy atom. The number of hydrogen-bond acceptors (Lipinski definition) is 5. The number of rotatable bonds is 6. The molecule has 0 aliphatic carbocycles. The number of aromatic nitrogens is 3. The van der Waals surface area contributed by atoms with Crippen LogP contribution >= 0.6 is 11.8 Å². The first-order chi connectivity index (χ1) is 15.7. The monoisotopic (exact) mass is 442 g/mol. The van der Waals surface area contributed by atoms with Gasteiger partial charge in [0.15, 0.2) is 5.16 Å². The molecule has 0 N–H and O–H groups in total. The summed E-state index contributed by atoms with van der Waals surface area (Å²) < 4.78 is 7.46. The third-order valence-corrected chi connectivity index (χ3v) is 6.39. The smallest absolute Gasteiger partial charge is 0.233 e. The zero-order valence-electron chi connectivity index (χ0n) is 17.9. The standard InChI is InChI=1S/C25H22N4O2S/c1-28(15-17-9-3-8-14-22(17)31-2)23(30)16-32-25-27-19-11-5-4-10-18(19)24-26-20-12-6-7-13-21(20)29(24)25/h3-14H,15-16H2,1-2H3. The highest BCUT2D eigenvalue weighted by Crippen LogP contribution is 2.29. The van der Waals surface area contributed by atoms with Crippen LogP contribution in [0.2, 0.25) is 0 Å². The minimum atomic E-state index is 0.0217. The first-order valence-corrected chi connectivity index (χ1v) is 11.3. The van der Waals surface area contributed by atoms with E-state index in [2.05, 4.69) is 4.40 Å². The third-order valence-electron chi connectivity index (χ3n) is 5.46. The number of para-hydroxylation sites is 4. The molecule has 0 aliphatic rings. The number of carbonyl (C=O) groups is 1. The molecular weight excluding hydrogens is 420 g/mol. The molecule has 32 heavy (non-hydrogen) atoms. The number of hydrogen-bond donors (Lipinski definition) is 0. The van der Waals surface area contributed by atoms with Gasteiger partial charge in [-0.1, -0.05) is 54.2 Å². The van der Waals surface area contributed by atoms with Crippen LogP contribution in [-0.2, 0) is 11.3 Å². The molecule has 3 aromatic carbocycles. The van der Waals surface area contributed by atoms with Crippen LogP contribution in [0.3, 0.4) is 0 Å². The molecule has 0 saturated heterocycles. The molecule has 1 amide bonds. The van der Waals surface area contributed by atoms with Crippen molar-refractivity contribution >= 4 is 45.3 Å². The molecular formula is C25H22N4O2S. The average Bonchev–Trinajstić information content (AvgIpc) is 3.23. The SMILES string of the molecule is COc1ccccc1CN(C)C(=O)CSc1nc2ccccc2c2nc3ccccc3n12. The largest absolute Gasteiger partial charge is 0.496 e. The molecule has 2 heterocycles. The van der Waals surface area contributed by atoms with E-state index in [-0.39, 0.29) is 11.7 Å². The van der Waals surface area contributed by atoms with Gasteiger partial charge in [-0.15, -0.1) is 0 Å². The van der Waals surface area contributed by atoms with E-state index < -0.39 is 0 Å². The molecule has 0 bridgehead atoms. The number of benzene rings is 3. The van der Waals surface area contributed by atoms with Gasteiger partial charge in [-0.05, 0) is 30.3 Å². The number of carbonyl (C=O) groups excluding carboxylic acids is 1. The van der Waals surface area contributed by atoms with E-state index in [1.807, 2.05) is 79.8 Å². The Kier molecular flexibility index (Phi) is 5.41. The zero-order chi connectivity index (χ0) is 22.1. The van der Waals surface area contributed by atoms with E-state index in [9.17, 15) is 4.79 Å². The Morgan fingerprint density at radius 1 is 0.969 bits per heavy atom. The molecule has 7 heteroatoms. The number of ether oxygens (including phenoxy) is 1. The minimum absolute atomic E-state index is 0.0217. The Labute approximate surface area is 189 Å². The highest BCUT2D eigenvalue weighted by molar-refractivity contribution is 7.99. The summed E-state index contributed by atoms with van der Waals surface area (Å²) in [5.41, 5.74) is 4.59. The molecule has 0 aliphatic heterocycles. The second-order valence-corrected chi connectivity index (χ2v) is 8.46. The summed E-state index contributed by atoms with van der Waals surface area (Å²) in [5, 5.41) is 1.75. The lowest BCUT2D eigenvalue weighted by molar-refractivity contribution is -0.127. The molecule has 5 rings (SSSR count). The van der Waals surface area contributed by atoms with Crippen molar-refractivity contribution in [3.63, 3.8) is 0 Å². The lowest BCUT2D eigenvalue weighted by Gasteiger charge is -2.18. The Hall–Kier alpha value is -3.58. The van der Waals surface area contributed by atoms with Crippen LogP contribution in [0.5, 0.6) is 5.75 Å². The van der Waals surface area contributed by atoms with Crippen molar-refractivity contribution in [1.82, 2.24) is 19.3 Å². The summed E-state index contributed by atoms with van der Waals surface area (Å²) in [4.78, 5) is 24.4. The van der Waals surface area contributed by atoms with E-state index in [1.165, 1.54) is 11.8 Å². The molecule has 0 spiro atoms. The lowest BCUT2D eigenvalue weighted by atomic mass is 10.2. The van der Waals surface area contributed by atoms with E-state index >= 15 is 0 Å². The fourth-order valence-electron chi connectivity index (χ4n) is 3.82. The van der Waals surface area contributed by atoms with E-state index in [0.29, 0.717) is 6.54 Å². The summed E-state index contributed by atoms with van der Waals surface area (Å²) in [6.07, 6.45) is 0. The van der Waals surface area contributed by atoms with Crippen molar-refractivity contribution in [3.8, 4) is 5.75 Å². The number of imidazole rings is 1. The Balaban J connectivity index is 1.45. The van der Waals surface area contributed by atoms with E-state index in [0.717, 1.165) is 44.1 Å². The normalized spacial score (nSPS) is 11.3. The number of fused-ring (bicyclic) bond motifs is 5. The molecule has 5 aromatic rings. The van der Waals surface area contributed by atoms with Crippen molar-refractivity contribution in [2.24, 2.45) is 0 Å². The molecule has 0 unspecified atom stereocenters. The first kappa shape index (κ1) is 20.3. The van der Waals surface area contributed by atoms with Gasteiger partial charge in [0, 0.05) is 24.5 Å². The molecule has 6 nitrogen and oxygen atoms in total. The fourth-order valence-corrected chi connectivity index (χ4v) is 4.77. The first-order valence-electron chi connectivity index (χ1n) is 10.3. The van der Waals surface area contributed by atoms with Crippen LogP contribution in [0.4, 0.5) is 0 Å². The molecule has 0 atom stereocenters. The summed E-state index contributed by atoms with van der Waals surface area (Å²) in [6.45, 7) is 0.484. The van der Waals surface area contributed by atoms with Crippen LogP contribution in [0.1, 0.15) is 5.56 Å². The fraction of sp³-hybridized carbons (Fsp3) is 0.160. The summed E-state index contributed by atoms with van der Waals surface area (Å²) in [6, 6.07) is 23.7. The highest BCUT2D eigenvalue weighted by Gasteiger charge is 2.17. The lowest BCUT2D eigenvalue weighted by Crippen LogP contribution is -2.28. The molecule has 0 saturated carbocycles. The maximum Gasteiger partial charge on any atom is 0.233 e. The van der Waals surface area contributed by atoms with Crippen molar-refractivity contribution in [2.45, 2.75) is 11.7 Å². The van der Waals surface area contributed by atoms with Crippen molar-refractivity contribution in [3.05, 3.63) is 78.4 Å². The molecule has 2 aromatic heterocycles. The van der Waals surface area contributed by atoms with Crippen molar-refractivity contribution in [2.75, 3.05) is 19.9 Å². The van der Waals surface area contributed by atoms with Gasteiger partial charge >= 0.3 is 0 Å². The van der Waals surface area contributed by atoms with Gasteiger partial charge in [0.1, 0.15) is 11.4 Å². The summed E-state index contributed by atoms with van der Waals surface area (Å²) in [5.74, 6) is 1.08. The Morgan fingerprint density at radius 3 is 2.53 bits per heavy atom. The number of methoxy groups -OCH3 is 1. The van der Waals surface area contributed by atoms with Crippen LogP contribution in [0.25, 0.3) is 27.6 Å². The average molecular weight is 443 g/mol. The predicted octanol–water partition coefficient (Wildman–Crippen LogP) is 4.80. The van der Waals surface area contributed by atoms with Gasteiger partial charge in [0.25, 0.3) is 0 Å². The third kappa shape index (κ3) is 3.65. The number of amides is 1. The predicted molar refractivity (Wildman–Crippen MR) is 128 cm³/mol. The van der Waals surface area contributed by atoms with Crippen LogP contribution in [0, 0.1) is 0 Å². The van der Waals surface area contributed by atoms with Crippen molar-refractivity contribution < 1.29 is 9.53 Å². The molecule has 160 valence electrons. The summed E-state index contributed by atoms with van der Waals surface area (Å²) >= 11 is 1.43. The molecule has 0 radical (unpaired) electrons. The van der Waals surface area contributed by atoms with E-state index in [1.54, 1.807) is 12.0 Å². The van der Waals surface area contributed by atoms with E-state index in [4.69, 9.17) is 14.7 Å². The van der Waals surface area contributed by atoms with Gasteiger partial charge in [0.2, 0.25) is 5.91 Å². The van der Waals surface area contributed by atoms with Crippen LogP contribution < -0.4 is 4.74 Å². The summed E-state index contributed by atoms with van der Waals surface area (Å²) in [7, 11) is 3.45. The molecule has 0 fully saturated rings. The van der Waals surface area contributed by atoms with Crippen LogP contribution in [0.15, 0.2) is 78.0 Å². The van der Waals surface area contributed by atoms with Crippen LogP contribution in [-0.4, -0.2) is 45.1 Å². The van der Waals surface area contributed by atoms with Gasteiger partial charge in [-0.3, -0.25) is 9.20 Å². The second-order valence-electron chi connectivity index (χ2n) is 7.52. The minimum Gasteiger partial charge on any atom is -0.496 e. The maximum absolute atomic E-state index is 12.9. The quantitative estimate of drug-likeness (QED) is 0.279. The zero-order valence-corrected chi connectivity index (χ0v) is 18.7.